The van der Waals surface area contributed by atoms with E-state index in [0.717, 1.165) is 0 Å². The molecule has 0 saturated carbocycles. The first kappa shape index (κ1) is 15.5. The third-order valence-electron chi connectivity index (χ3n) is 2.03. The minimum atomic E-state index is -0.747. The standard InChI is InChI=1S/C13H16BrNO4/c1-13(2,3)15-11(17)7-19-12(18)9-6-8(14)4-5-10(9)16/h4-6,16H,7H2,1-3H3,(H,15,17). The summed E-state index contributed by atoms with van der Waals surface area (Å²) in [6, 6.07) is 4.40. The molecule has 0 spiro atoms. The summed E-state index contributed by atoms with van der Waals surface area (Å²) < 4.78 is 5.48. The summed E-state index contributed by atoms with van der Waals surface area (Å²) in [5.41, 5.74) is -0.376. The van der Waals surface area contributed by atoms with Crippen molar-refractivity contribution in [3.05, 3.63) is 28.2 Å². The Hall–Kier alpha value is -1.56. The highest BCUT2D eigenvalue weighted by Crippen LogP contribution is 2.22. The Morgan fingerprint density at radius 1 is 1.37 bits per heavy atom. The maximum Gasteiger partial charge on any atom is 0.342 e. The molecule has 1 rings (SSSR count). The third-order valence-corrected chi connectivity index (χ3v) is 2.52. The number of esters is 1. The van der Waals surface area contributed by atoms with Crippen LogP contribution in [0.25, 0.3) is 0 Å². The van der Waals surface area contributed by atoms with Gasteiger partial charge >= 0.3 is 5.97 Å². The van der Waals surface area contributed by atoms with Crippen LogP contribution in [-0.4, -0.2) is 29.1 Å². The van der Waals surface area contributed by atoms with E-state index in [1.54, 1.807) is 6.07 Å². The predicted molar refractivity (Wildman–Crippen MR) is 74.0 cm³/mol. The van der Waals surface area contributed by atoms with Gasteiger partial charge in [0.1, 0.15) is 11.3 Å². The smallest absolute Gasteiger partial charge is 0.342 e. The Morgan fingerprint density at radius 2 is 2.00 bits per heavy atom. The van der Waals surface area contributed by atoms with E-state index in [-0.39, 0.29) is 23.5 Å². The molecule has 104 valence electrons. The summed E-state index contributed by atoms with van der Waals surface area (Å²) in [5, 5.41) is 12.2. The van der Waals surface area contributed by atoms with E-state index in [1.165, 1.54) is 12.1 Å². The average Bonchev–Trinajstić information content (AvgIpc) is 2.27. The van der Waals surface area contributed by atoms with E-state index >= 15 is 0 Å². The van der Waals surface area contributed by atoms with Crippen LogP contribution in [0.5, 0.6) is 5.75 Å². The number of phenols is 1. The lowest BCUT2D eigenvalue weighted by Crippen LogP contribution is -2.42. The Labute approximate surface area is 120 Å². The molecule has 0 bridgehead atoms. The van der Waals surface area contributed by atoms with Crippen LogP contribution in [0.1, 0.15) is 31.1 Å². The number of carbonyl (C=O) groups excluding carboxylic acids is 2. The van der Waals surface area contributed by atoms with E-state index < -0.39 is 11.9 Å². The predicted octanol–water partition coefficient (Wildman–Crippen LogP) is 2.23. The largest absolute Gasteiger partial charge is 0.507 e. The number of carbonyl (C=O) groups is 2. The van der Waals surface area contributed by atoms with Crippen molar-refractivity contribution in [3.63, 3.8) is 0 Å². The van der Waals surface area contributed by atoms with Gasteiger partial charge in [-0.1, -0.05) is 15.9 Å². The maximum atomic E-state index is 11.7. The summed E-state index contributed by atoms with van der Waals surface area (Å²) in [6.07, 6.45) is 0. The number of halogens is 1. The van der Waals surface area contributed by atoms with Gasteiger partial charge in [0, 0.05) is 10.0 Å². The highest BCUT2D eigenvalue weighted by molar-refractivity contribution is 9.10. The lowest BCUT2D eigenvalue weighted by molar-refractivity contribution is -0.125. The number of hydrogen-bond donors (Lipinski definition) is 2. The van der Waals surface area contributed by atoms with Gasteiger partial charge in [0.15, 0.2) is 6.61 Å². The fourth-order valence-electron chi connectivity index (χ4n) is 1.33. The number of ether oxygens (including phenoxy) is 1. The number of phenolic OH excluding ortho intramolecular Hbond substituents is 1. The first-order valence-corrected chi connectivity index (χ1v) is 6.45. The second kappa shape index (κ2) is 6.06. The second-order valence-electron chi connectivity index (χ2n) is 5.04. The molecular formula is C13H16BrNO4. The molecule has 0 aliphatic carbocycles. The van der Waals surface area contributed by atoms with Gasteiger partial charge in [-0.05, 0) is 39.0 Å². The van der Waals surface area contributed by atoms with Crippen LogP contribution >= 0.6 is 15.9 Å². The number of nitrogens with one attached hydrogen (secondary N) is 1. The zero-order chi connectivity index (χ0) is 14.6. The van der Waals surface area contributed by atoms with Crippen LogP contribution in [-0.2, 0) is 9.53 Å². The molecule has 0 aliphatic heterocycles. The van der Waals surface area contributed by atoms with Gasteiger partial charge in [-0.2, -0.15) is 0 Å². The van der Waals surface area contributed by atoms with Crippen molar-refractivity contribution in [3.8, 4) is 5.75 Å². The molecular weight excluding hydrogens is 314 g/mol. The van der Waals surface area contributed by atoms with Gasteiger partial charge < -0.3 is 15.2 Å². The summed E-state index contributed by atoms with van der Waals surface area (Å²) >= 11 is 3.19. The molecule has 2 N–H and O–H groups in total. The first-order valence-electron chi connectivity index (χ1n) is 5.66. The number of amides is 1. The Bertz CT molecular complexity index is 494. The van der Waals surface area contributed by atoms with Gasteiger partial charge in [-0.15, -0.1) is 0 Å². The summed E-state index contributed by atoms with van der Waals surface area (Å²) in [4.78, 5) is 23.2. The number of aromatic hydroxyl groups is 1. The van der Waals surface area contributed by atoms with Crippen molar-refractivity contribution < 1.29 is 19.4 Å². The van der Waals surface area contributed by atoms with Crippen molar-refractivity contribution >= 4 is 27.8 Å². The van der Waals surface area contributed by atoms with Gasteiger partial charge in [0.05, 0.1) is 0 Å². The van der Waals surface area contributed by atoms with Crippen molar-refractivity contribution in [2.24, 2.45) is 0 Å². The van der Waals surface area contributed by atoms with Crippen molar-refractivity contribution in [2.75, 3.05) is 6.61 Å². The van der Waals surface area contributed by atoms with E-state index in [2.05, 4.69) is 21.2 Å². The second-order valence-corrected chi connectivity index (χ2v) is 5.95. The summed E-state index contributed by atoms with van der Waals surface area (Å²) in [6.45, 7) is 5.09. The zero-order valence-electron chi connectivity index (χ0n) is 11.0. The monoisotopic (exact) mass is 329 g/mol. The molecule has 0 unspecified atom stereocenters. The summed E-state index contributed by atoms with van der Waals surface area (Å²) in [7, 11) is 0. The van der Waals surface area contributed by atoms with Crippen LogP contribution in [0.3, 0.4) is 0 Å². The molecule has 1 amide bonds. The number of benzene rings is 1. The molecule has 1 aromatic carbocycles. The molecule has 0 aromatic heterocycles. The zero-order valence-corrected chi connectivity index (χ0v) is 12.6. The third kappa shape index (κ3) is 5.30. The van der Waals surface area contributed by atoms with Gasteiger partial charge in [-0.3, -0.25) is 4.79 Å². The molecule has 6 heteroatoms. The molecule has 0 aliphatic rings. The minimum Gasteiger partial charge on any atom is -0.507 e. The maximum absolute atomic E-state index is 11.7. The molecule has 0 saturated heterocycles. The van der Waals surface area contributed by atoms with E-state index in [9.17, 15) is 14.7 Å². The fraction of sp³-hybridized carbons (Fsp3) is 0.385. The van der Waals surface area contributed by atoms with E-state index in [1.807, 2.05) is 20.8 Å². The Morgan fingerprint density at radius 3 is 2.58 bits per heavy atom. The normalized spacial score (nSPS) is 10.9. The highest BCUT2D eigenvalue weighted by Gasteiger charge is 2.17. The fourth-order valence-corrected chi connectivity index (χ4v) is 1.70. The Balaban J connectivity index is 2.61. The van der Waals surface area contributed by atoms with Crippen LogP contribution in [0.2, 0.25) is 0 Å². The molecule has 1 aromatic rings. The van der Waals surface area contributed by atoms with Crippen molar-refractivity contribution in [1.29, 1.82) is 0 Å². The molecule has 19 heavy (non-hydrogen) atoms. The molecule has 0 atom stereocenters. The van der Waals surface area contributed by atoms with E-state index in [0.29, 0.717) is 4.47 Å². The van der Waals surface area contributed by atoms with Gasteiger partial charge in [0.2, 0.25) is 0 Å². The minimum absolute atomic E-state index is 0.0120. The SMILES string of the molecule is CC(C)(C)NC(=O)COC(=O)c1cc(Br)ccc1O. The molecule has 5 nitrogen and oxygen atoms in total. The lowest BCUT2D eigenvalue weighted by atomic mass is 10.1. The van der Waals surface area contributed by atoms with Gasteiger partial charge in [0.25, 0.3) is 5.91 Å². The van der Waals surface area contributed by atoms with E-state index in [4.69, 9.17) is 4.74 Å². The van der Waals surface area contributed by atoms with Crippen LogP contribution in [0, 0.1) is 0 Å². The topological polar surface area (TPSA) is 75.6 Å². The molecule has 0 heterocycles. The lowest BCUT2D eigenvalue weighted by Gasteiger charge is -2.20. The molecule has 0 radical (unpaired) electrons. The van der Waals surface area contributed by atoms with Crippen molar-refractivity contribution in [1.82, 2.24) is 5.32 Å². The average molecular weight is 330 g/mol. The Kier molecular flexibility index (Phi) is 4.94. The first-order chi connectivity index (χ1) is 8.69. The van der Waals surface area contributed by atoms with Crippen LogP contribution in [0.15, 0.2) is 22.7 Å². The highest BCUT2D eigenvalue weighted by atomic mass is 79.9. The summed E-state index contributed by atoms with van der Waals surface area (Å²) in [5.74, 6) is -1.33. The number of rotatable bonds is 3. The number of hydrogen-bond acceptors (Lipinski definition) is 4. The van der Waals surface area contributed by atoms with Crippen molar-refractivity contribution in [2.45, 2.75) is 26.3 Å². The quantitative estimate of drug-likeness (QED) is 0.834. The van der Waals surface area contributed by atoms with Crippen LogP contribution in [0.4, 0.5) is 0 Å². The molecule has 0 fully saturated rings. The van der Waals surface area contributed by atoms with Gasteiger partial charge in [-0.25, -0.2) is 4.79 Å². The van der Waals surface area contributed by atoms with Crippen LogP contribution < -0.4 is 5.32 Å².